The van der Waals surface area contributed by atoms with Gasteiger partial charge in [0.2, 0.25) is 0 Å². The maximum absolute atomic E-state index is 12.9. The Morgan fingerprint density at radius 3 is 2.50 bits per heavy atom. The molecule has 6 heteroatoms. The van der Waals surface area contributed by atoms with Crippen molar-refractivity contribution in [3.63, 3.8) is 0 Å². The van der Waals surface area contributed by atoms with E-state index in [4.69, 9.17) is 0 Å². The summed E-state index contributed by atoms with van der Waals surface area (Å²) in [5, 5.41) is 4.17. The predicted molar refractivity (Wildman–Crippen MR) is 67.2 cm³/mol. The van der Waals surface area contributed by atoms with Gasteiger partial charge in [-0.1, -0.05) is 24.3 Å². The zero-order valence-electron chi connectivity index (χ0n) is 10.3. The van der Waals surface area contributed by atoms with E-state index in [0.29, 0.717) is 11.5 Å². The smallest absolute Gasteiger partial charge is 0.221 e. The predicted octanol–water partition coefficient (Wildman–Crippen LogP) is 3.34. The van der Waals surface area contributed by atoms with E-state index in [2.05, 4.69) is 10.1 Å². The van der Waals surface area contributed by atoms with Crippen molar-refractivity contribution in [2.45, 2.75) is 12.6 Å². The molecule has 3 rings (SSSR count). The highest BCUT2D eigenvalue weighted by molar-refractivity contribution is 5.38. The summed E-state index contributed by atoms with van der Waals surface area (Å²) in [6.45, 7) is 0. The molecule has 0 aliphatic rings. The Morgan fingerprint density at radius 2 is 1.75 bits per heavy atom. The van der Waals surface area contributed by atoms with Crippen molar-refractivity contribution in [2.75, 3.05) is 0 Å². The third-order valence-electron chi connectivity index (χ3n) is 2.96. The van der Waals surface area contributed by atoms with Crippen LogP contribution in [0.4, 0.5) is 13.2 Å². The molecule has 0 radical (unpaired) electrons. The van der Waals surface area contributed by atoms with Crippen molar-refractivity contribution >= 4 is 5.65 Å². The Bertz CT molecular complexity index is 714. The van der Waals surface area contributed by atoms with Gasteiger partial charge in [-0.2, -0.15) is 18.3 Å². The lowest BCUT2D eigenvalue weighted by molar-refractivity contribution is -0.138. The second-order valence-electron chi connectivity index (χ2n) is 4.36. The number of nitrogens with zero attached hydrogens (tertiary/aromatic N) is 3. The number of halogens is 3. The number of rotatable bonds is 2. The molecule has 3 nitrogen and oxygen atoms in total. The van der Waals surface area contributed by atoms with Crippen LogP contribution in [0.5, 0.6) is 0 Å². The van der Waals surface area contributed by atoms with Gasteiger partial charge in [0.25, 0.3) is 0 Å². The van der Waals surface area contributed by atoms with E-state index in [-0.39, 0.29) is 12.0 Å². The van der Waals surface area contributed by atoms with Crippen molar-refractivity contribution in [1.82, 2.24) is 14.6 Å². The minimum absolute atomic E-state index is 0.0529. The molecule has 0 N–H and O–H groups in total. The third-order valence-corrected chi connectivity index (χ3v) is 2.96. The van der Waals surface area contributed by atoms with E-state index in [0.717, 1.165) is 6.07 Å². The van der Waals surface area contributed by atoms with Crippen LogP contribution < -0.4 is 0 Å². The molecule has 1 aromatic carbocycles. The first kappa shape index (κ1) is 12.7. The number of hydrogen-bond acceptors (Lipinski definition) is 2. The topological polar surface area (TPSA) is 30.2 Å². The zero-order chi connectivity index (χ0) is 14.2. The first-order valence-corrected chi connectivity index (χ1v) is 5.99. The van der Waals surface area contributed by atoms with E-state index < -0.39 is 11.7 Å². The van der Waals surface area contributed by atoms with Crippen LogP contribution in [-0.4, -0.2) is 14.6 Å². The molecular formula is C14H10F3N3. The Labute approximate surface area is 112 Å². The molecule has 0 atom stereocenters. The summed E-state index contributed by atoms with van der Waals surface area (Å²) >= 11 is 0. The largest absolute Gasteiger partial charge is 0.416 e. The standard InChI is InChI=1S/C14H10F3N3/c15-14(16,17)11-6-2-1-5-10(11)9-12-18-13-7-3-4-8-20(13)19-12/h1-8H,9H2. The number of aromatic nitrogens is 3. The summed E-state index contributed by atoms with van der Waals surface area (Å²) < 4.78 is 40.3. The van der Waals surface area contributed by atoms with Crippen LogP contribution in [0, 0.1) is 0 Å². The van der Waals surface area contributed by atoms with E-state index in [1.807, 2.05) is 0 Å². The number of pyridine rings is 1. The lowest BCUT2D eigenvalue weighted by atomic mass is 10.0. The van der Waals surface area contributed by atoms with Crippen LogP contribution in [0.15, 0.2) is 48.7 Å². The Kier molecular flexibility index (Phi) is 2.93. The normalized spacial score (nSPS) is 11.9. The summed E-state index contributed by atoms with van der Waals surface area (Å²) in [7, 11) is 0. The van der Waals surface area contributed by atoms with Crippen LogP contribution in [-0.2, 0) is 12.6 Å². The van der Waals surface area contributed by atoms with E-state index in [1.54, 1.807) is 35.0 Å². The molecule has 0 saturated heterocycles. The highest BCUT2D eigenvalue weighted by Gasteiger charge is 2.33. The number of hydrogen-bond donors (Lipinski definition) is 0. The van der Waals surface area contributed by atoms with E-state index in [1.165, 1.54) is 12.1 Å². The third kappa shape index (κ3) is 2.36. The van der Waals surface area contributed by atoms with Crippen molar-refractivity contribution < 1.29 is 13.2 Å². The van der Waals surface area contributed by atoms with Gasteiger partial charge >= 0.3 is 6.18 Å². The number of fused-ring (bicyclic) bond motifs is 1. The molecule has 0 bridgehead atoms. The van der Waals surface area contributed by atoms with Gasteiger partial charge in [0.1, 0.15) is 0 Å². The molecule has 3 aromatic rings. The minimum atomic E-state index is -4.37. The quantitative estimate of drug-likeness (QED) is 0.719. The molecule has 0 saturated carbocycles. The Morgan fingerprint density at radius 1 is 1.00 bits per heavy atom. The molecule has 0 unspecified atom stereocenters. The van der Waals surface area contributed by atoms with Gasteiger partial charge in [-0.3, -0.25) is 0 Å². The molecule has 0 fully saturated rings. The van der Waals surface area contributed by atoms with Gasteiger partial charge in [-0.05, 0) is 23.8 Å². The molecule has 0 aliphatic carbocycles. The summed E-state index contributed by atoms with van der Waals surface area (Å²) in [6, 6.07) is 10.8. The minimum Gasteiger partial charge on any atom is -0.221 e. The van der Waals surface area contributed by atoms with Crippen LogP contribution in [0.2, 0.25) is 0 Å². The average Bonchev–Trinajstić information content (AvgIpc) is 2.80. The summed E-state index contributed by atoms with van der Waals surface area (Å²) in [6.07, 6.45) is -2.60. The zero-order valence-corrected chi connectivity index (χ0v) is 10.3. The average molecular weight is 277 g/mol. The van der Waals surface area contributed by atoms with Crippen molar-refractivity contribution in [3.05, 3.63) is 65.6 Å². The number of benzene rings is 1. The Hall–Kier alpha value is -2.37. The highest BCUT2D eigenvalue weighted by Crippen LogP contribution is 2.32. The molecule has 0 amide bonds. The molecule has 0 aliphatic heterocycles. The molecule has 102 valence electrons. The molecule has 0 spiro atoms. The lowest BCUT2D eigenvalue weighted by Gasteiger charge is -2.11. The van der Waals surface area contributed by atoms with Crippen LogP contribution in [0.25, 0.3) is 5.65 Å². The first-order chi connectivity index (χ1) is 9.54. The second-order valence-corrected chi connectivity index (χ2v) is 4.36. The van der Waals surface area contributed by atoms with Crippen molar-refractivity contribution in [2.24, 2.45) is 0 Å². The fourth-order valence-corrected chi connectivity index (χ4v) is 2.07. The second kappa shape index (κ2) is 4.63. The fourth-order valence-electron chi connectivity index (χ4n) is 2.07. The van der Waals surface area contributed by atoms with Crippen LogP contribution in [0.1, 0.15) is 17.0 Å². The van der Waals surface area contributed by atoms with E-state index >= 15 is 0 Å². The summed E-state index contributed by atoms with van der Waals surface area (Å²) in [4.78, 5) is 4.22. The lowest BCUT2D eigenvalue weighted by Crippen LogP contribution is -2.09. The SMILES string of the molecule is FC(F)(F)c1ccccc1Cc1nc2ccccn2n1. The molecule has 2 aromatic heterocycles. The van der Waals surface area contributed by atoms with Crippen LogP contribution in [0.3, 0.4) is 0 Å². The summed E-state index contributed by atoms with van der Waals surface area (Å²) in [5.41, 5.74) is 0.154. The van der Waals surface area contributed by atoms with Gasteiger partial charge in [-0.15, -0.1) is 0 Å². The van der Waals surface area contributed by atoms with Gasteiger partial charge in [0.05, 0.1) is 5.56 Å². The van der Waals surface area contributed by atoms with Crippen molar-refractivity contribution in [1.29, 1.82) is 0 Å². The van der Waals surface area contributed by atoms with Gasteiger partial charge in [0, 0.05) is 12.6 Å². The Balaban J connectivity index is 1.99. The van der Waals surface area contributed by atoms with Gasteiger partial charge < -0.3 is 0 Å². The maximum Gasteiger partial charge on any atom is 0.416 e. The number of alkyl halides is 3. The molecule has 2 heterocycles. The highest BCUT2D eigenvalue weighted by atomic mass is 19.4. The van der Waals surface area contributed by atoms with Crippen molar-refractivity contribution in [3.8, 4) is 0 Å². The van der Waals surface area contributed by atoms with E-state index in [9.17, 15) is 13.2 Å². The maximum atomic E-state index is 12.9. The molecular weight excluding hydrogens is 267 g/mol. The van der Waals surface area contributed by atoms with Crippen LogP contribution >= 0.6 is 0 Å². The molecule has 20 heavy (non-hydrogen) atoms. The monoisotopic (exact) mass is 277 g/mol. The first-order valence-electron chi connectivity index (χ1n) is 5.99. The summed E-state index contributed by atoms with van der Waals surface area (Å²) in [5.74, 6) is 0.368. The fraction of sp³-hybridized carbons (Fsp3) is 0.143. The van der Waals surface area contributed by atoms with Gasteiger partial charge in [-0.25, -0.2) is 9.50 Å². The van der Waals surface area contributed by atoms with Gasteiger partial charge in [0.15, 0.2) is 11.5 Å².